The zero-order valence-corrected chi connectivity index (χ0v) is 17.3. The number of nitrogens with zero attached hydrogens (tertiary/aromatic N) is 1. The van der Waals surface area contributed by atoms with E-state index >= 15 is 0 Å². The summed E-state index contributed by atoms with van der Waals surface area (Å²) < 4.78 is 14.4. The molecule has 0 bridgehead atoms. The van der Waals surface area contributed by atoms with Gasteiger partial charge in [0.1, 0.15) is 5.70 Å². The van der Waals surface area contributed by atoms with Crippen LogP contribution in [0.4, 0.5) is 5.69 Å². The van der Waals surface area contributed by atoms with Gasteiger partial charge in [0.15, 0.2) is 0 Å². The molecule has 2 aromatic carbocycles. The lowest BCUT2D eigenvalue weighted by molar-refractivity contribution is -0.139. The highest BCUT2D eigenvalue weighted by molar-refractivity contribution is 6.05. The van der Waals surface area contributed by atoms with Crippen LogP contribution in [0.2, 0.25) is 0 Å². The molecule has 7 nitrogen and oxygen atoms in total. The molecule has 0 fully saturated rings. The molecule has 1 heterocycles. The standard InChI is InChI=1S/C24H21NO6/c1-29-22(26)18-9-7-16(8-10-18)17-11-13-19(14-12-17)25-15-5-4-6-20(23(27)30-2)21(25)24(28)31-3/h4-15H,1-3H3. The topological polar surface area (TPSA) is 82.1 Å². The van der Waals surface area contributed by atoms with Crippen LogP contribution in [0, 0.1) is 0 Å². The van der Waals surface area contributed by atoms with Crippen molar-refractivity contribution >= 4 is 23.6 Å². The van der Waals surface area contributed by atoms with E-state index in [2.05, 4.69) is 0 Å². The molecule has 0 saturated carbocycles. The molecule has 0 atom stereocenters. The third-order valence-electron chi connectivity index (χ3n) is 4.67. The molecule has 2 aromatic rings. The second-order valence-corrected chi connectivity index (χ2v) is 6.43. The normalized spacial score (nSPS) is 12.9. The Morgan fingerprint density at radius 2 is 1.23 bits per heavy atom. The quantitative estimate of drug-likeness (QED) is 0.541. The first-order valence-electron chi connectivity index (χ1n) is 9.34. The van der Waals surface area contributed by atoms with Crippen LogP contribution >= 0.6 is 0 Å². The Morgan fingerprint density at radius 1 is 0.677 bits per heavy atom. The lowest BCUT2D eigenvalue weighted by atomic mass is 10.0. The van der Waals surface area contributed by atoms with Gasteiger partial charge < -0.3 is 19.1 Å². The Morgan fingerprint density at radius 3 is 1.77 bits per heavy atom. The average molecular weight is 419 g/mol. The van der Waals surface area contributed by atoms with E-state index in [1.54, 1.807) is 35.4 Å². The van der Waals surface area contributed by atoms with Gasteiger partial charge in [0.05, 0.1) is 32.5 Å². The predicted molar refractivity (Wildman–Crippen MR) is 115 cm³/mol. The molecule has 0 aromatic heterocycles. The summed E-state index contributed by atoms with van der Waals surface area (Å²) in [6.45, 7) is 0. The molecule has 158 valence electrons. The molecule has 0 saturated heterocycles. The number of hydrogen-bond donors (Lipinski definition) is 0. The van der Waals surface area contributed by atoms with Gasteiger partial charge in [-0.3, -0.25) is 0 Å². The first kappa shape index (κ1) is 21.6. The fourth-order valence-electron chi connectivity index (χ4n) is 3.10. The molecule has 1 aliphatic rings. The number of carbonyl (C=O) groups excluding carboxylic acids is 3. The zero-order valence-electron chi connectivity index (χ0n) is 17.3. The number of anilines is 1. The highest BCUT2D eigenvalue weighted by Gasteiger charge is 2.27. The molecule has 31 heavy (non-hydrogen) atoms. The maximum absolute atomic E-state index is 12.5. The van der Waals surface area contributed by atoms with Crippen LogP contribution in [0.1, 0.15) is 10.4 Å². The smallest absolute Gasteiger partial charge is 0.355 e. The van der Waals surface area contributed by atoms with Crippen molar-refractivity contribution in [1.29, 1.82) is 0 Å². The fourth-order valence-corrected chi connectivity index (χ4v) is 3.10. The summed E-state index contributed by atoms with van der Waals surface area (Å²) in [5.41, 5.74) is 3.07. The summed E-state index contributed by atoms with van der Waals surface area (Å²) >= 11 is 0. The summed E-state index contributed by atoms with van der Waals surface area (Å²) in [6.07, 6.45) is 6.52. The van der Waals surface area contributed by atoms with E-state index in [-0.39, 0.29) is 11.3 Å². The second-order valence-electron chi connectivity index (χ2n) is 6.43. The summed E-state index contributed by atoms with van der Waals surface area (Å²) in [7, 11) is 3.84. The monoisotopic (exact) mass is 419 g/mol. The Kier molecular flexibility index (Phi) is 6.67. The lowest BCUT2D eigenvalue weighted by Gasteiger charge is -2.23. The van der Waals surface area contributed by atoms with Gasteiger partial charge in [0.25, 0.3) is 0 Å². The molecule has 0 amide bonds. The van der Waals surface area contributed by atoms with Gasteiger partial charge in [-0.1, -0.05) is 30.3 Å². The summed E-state index contributed by atoms with van der Waals surface area (Å²) in [4.78, 5) is 37.9. The minimum absolute atomic E-state index is 0.0505. The zero-order chi connectivity index (χ0) is 22.4. The van der Waals surface area contributed by atoms with Gasteiger partial charge in [0.2, 0.25) is 0 Å². The van der Waals surface area contributed by atoms with E-state index in [9.17, 15) is 14.4 Å². The Hall–Kier alpha value is -4.13. The van der Waals surface area contributed by atoms with Gasteiger partial charge in [-0.05, 0) is 47.5 Å². The minimum atomic E-state index is -0.668. The van der Waals surface area contributed by atoms with E-state index in [0.29, 0.717) is 11.3 Å². The average Bonchev–Trinajstić information content (AvgIpc) is 3.06. The van der Waals surface area contributed by atoms with E-state index in [0.717, 1.165) is 11.1 Å². The molecule has 1 aliphatic heterocycles. The third kappa shape index (κ3) is 4.56. The Balaban J connectivity index is 1.97. The van der Waals surface area contributed by atoms with Crippen LogP contribution in [0.25, 0.3) is 11.1 Å². The van der Waals surface area contributed by atoms with Gasteiger partial charge >= 0.3 is 17.9 Å². The molecular formula is C24H21NO6. The maximum atomic E-state index is 12.5. The van der Waals surface area contributed by atoms with Crippen molar-refractivity contribution in [3.05, 3.63) is 89.8 Å². The molecular weight excluding hydrogens is 398 g/mol. The highest BCUT2D eigenvalue weighted by atomic mass is 16.5. The van der Waals surface area contributed by atoms with Crippen LogP contribution < -0.4 is 4.90 Å². The minimum Gasteiger partial charge on any atom is -0.465 e. The molecule has 0 radical (unpaired) electrons. The number of carbonyl (C=O) groups is 3. The highest BCUT2D eigenvalue weighted by Crippen LogP contribution is 2.29. The second kappa shape index (κ2) is 9.58. The summed E-state index contributed by atoms with van der Waals surface area (Å²) in [5, 5.41) is 0. The number of methoxy groups -OCH3 is 3. The molecule has 3 rings (SSSR count). The van der Waals surface area contributed by atoms with E-state index < -0.39 is 17.9 Å². The maximum Gasteiger partial charge on any atom is 0.355 e. The van der Waals surface area contributed by atoms with Crippen molar-refractivity contribution < 1.29 is 28.6 Å². The lowest BCUT2D eigenvalue weighted by Crippen LogP contribution is -2.26. The van der Waals surface area contributed by atoms with Crippen molar-refractivity contribution in [1.82, 2.24) is 0 Å². The van der Waals surface area contributed by atoms with Gasteiger partial charge in [0, 0.05) is 11.9 Å². The predicted octanol–water partition coefficient (Wildman–Crippen LogP) is 3.63. The van der Waals surface area contributed by atoms with Gasteiger partial charge in [-0.25, -0.2) is 14.4 Å². The SMILES string of the molecule is COC(=O)C1=C(C(=O)OC)N(c2ccc(-c3ccc(C(=O)OC)cc3)cc2)C=CC=C1. The van der Waals surface area contributed by atoms with Crippen molar-refractivity contribution in [3.63, 3.8) is 0 Å². The third-order valence-corrected chi connectivity index (χ3v) is 4.67. The van der Waals surface area contributed by atoms with Gasteiger partial charge in [-0.15, -0.1) is 0 Å². The van der Waals surface area contributed by atoms with Crippen LogP contribution in [0.15, 0.2) is 84.2 Å². The summed E-state index contributed by atoms with van der Waals surface area (Å²) in [6, 6.07) is 14.4. The van der Waals surface area contributed by atoms with Crippen molar-refractivity contribution in [3.8, 4) is 11.1 Å². The van der Waals surface area contributed by atoms with Crippen molar-refractivity contribution in [2.75, 3.05) is 26.2 Å². The van der Waals surface area contributed by atoms with Crippen molar-refractivity contribution in [2.45, 2.75) is 0 Å². The number of hydrogen-bond acceptors (Lipinski definition) is 7. The van der Waals surface area contributed by atoms with Crippen LogP contribution in [-0.4, -0.2) is 39.2 Å². The molecule has 0 N–H and O–H groups in total. The van der Waals surface area contributed by atoms with Crippen LogP contribution in [0.5, 0.6) is 0 Å². The Labute approximate surface area is 179 Å². The number of allylic oxidation sites excluding steroid dienone is 2. The van der Waals surface area contributed by atoms with E-state index in [4.69, 9.17) is 14.2 Å². The number of esters is 3. The largest absolute Gasteiger partial charge is 0.465 e. The molecule has 0 unspecified atom stereocenters. The number of rotatable bonds is 5. The molecule has 0 spiro atoms. The number of benzene rings is 2. The van der Waals surface area contributed by atoms with E-state index in [1.165, 1.54) is 27.4 Å². The number of ether oxygens (including phenoxy) is 3. The van der Waals surface area contributed by atoms with Gasteiger partial charge in [-0.2, -0.15) is 0 Å². The first-order valence-corrected chi connectivity index (χ1v) is 9.34. The summed E-state index contributed by atoms with van der Waals surface area (Å²) in [5.74, 6) is -1.71. The van der Waals surface area contributed by atoms with E-state index in [1.807, 2.05) is 36.4 Å². The molecule has 0 aliphatic carbocycles. The van der Waals surface area contributed by atoms with Crippen LogP contribution in [0.3, 0.4) is 0 Å². The van der Waals surface area contributed by atoms with Crippen LogP contribution in [-0.2, 0) is 23.8 Å². The first-order chi connectivity index (χ1) is 15.0. The Bertz CT molecular complexity index is 1080. The fraction of sp³-hybridized carbons (Fsp3) is 0.125. The van der Waals surface area contributed by atoms with Crippen molar-refractivity contribution in [2.24, 2.45) is 0 Å². The molecule has 7 heteroatoms.